The van der Waals surface area contributed by atoms with Gasteiger partial charge in [0, 0.05) is 29.8 Å². The van der Waals surface area contributed by atoms with Crippen LogP contribution in [0.2, 0.25) is 0 Å². The Bertz CT molecular complexity index is 1120. The van der Waals surface area contributed by atoms with Gasteiger partial charge < -0.3 is 14.5 Å². The van der Waals surface area contributed by atoms with E-state index in [0.29, 0.717) is 17.9 Å². The predicted octanol–water partition coefficient (Wildman–Crippen LogP) is 4.23. The summed E-state index contributed by atoms with van der Waals surface area (Å²) in [6.45, 7) is 0.417. The van der Waals surface area contributed by atoms with Gasteiger partial charge in [-0.2, -0.15) is 0 Å². The van der Waals surface area contributed by atoms with Crippen molar-refractivity contribution in [1.29, 1.82) is 0 Å². The summed E-state index contributed by atoms with van der Waals surface area (Å²) in [6, 6.07) is 19.4. The first-order chi connectivity index (χ1) is 13.8. The van der Waals surface area contributed by atoms with Gasteiger partial charge in [0.25, 0.3) is 5.91 Å². The molecule has 5 nitrogen and oxygen atoms in total. The maximum Gasteiger partial charge on any atom is 0.287 e. The first-order valence-electron chi connectivity index (χ1n) is 9.23. The largest absolute Gasteiger partial charge is 0.487 e. The SMILES string of the molecule is O=C(NC[C@H]1Cc2cccc(-c3ccncc3)c2O1)c1cc2ccccc2o1. The van der Waals surface area contributed by atoms with Crippen molar-refractivity contribution in [1.82, 2.24) is 10.3 Å². The first kappa shape index (κ1) is 16.6. The van der Waals surface area contributed by atoms with Crippen LogP contribution in [-0.4, -0.2) is 23.5 Å². The highest BCUT2D eigenvalue weighted by molar-refractivity contribution is 5.96. The molecule has 2 aromatic carbocycles. The molecule has 1 atom stereocenters. The normalized spacial score (nSPS) is 15.2. The number of para-hydroxylation sites is 2. The van der Waals surface area contributed by atoms with Gasteiger partial charge in [0.15, 0.2) is 5.76 Å². The van der Waals surface area contributed by atoms with E-state index in [1.807, 2.05) is 48.5 Å². The third kappa shape index (κ3) is 3.01. The molecule has 3 heterocycles. The Morgan fingerprint density at radius 3 is 2.79 bits per heavy atom. The second-order valence-electron chi connectivity index (χ2n) is 6.83. The molecule has 4 aromatic rings. The van der Waals surface area contributed by atoms with Gasteiger partial charge in [-0.15, -0.1) is 0 Å². The Labute approximate surface area is 162 Å². The molecule has 0 bridgehead atoms. The first-order valence-corrected chi connectivity index (χ1v) is 9.23. The van der Waals surface area contributed by atoms with Gasteiger partial charge in [0.2, 0.25) is 0 Å². The van der Waals surface area contributed by atoms with E-state index in [9.17, 15) is 4.79 Å². The molecule has 1 amide bonds. The number of pyridine rings is 1. The summed E-state index contributed by atoms with van der Waals surface area (Å²) in [7, 11) is 0. The highest BCUT2D eigenvalue weighted by Crippen LogP contribution is 2.38. The monoisotopic (exact) mass is 370 g/mol. The third-order valence-electron chi connectivity index (χ3n) is 4.96. The summed E-state index contributed by atoms with van der Waals surface area (Å²) in [6.07, 6.45) is 4.20. The van der Waals surface area contributed by atoms with Crippen LogP contribution in [0.4, 0.5) is 0 Å². The zero-order valence-electron chi connectivity index (χ0n) is 15.1. The lowest BCUT2D eigenvalue weighted by molar-refractivity contribution is 0.0908. The number of fused-ring (bicyclic) bond motifs is 2. The molecule has 1 N–H and O–H groups in total. The van der Waals surface area contributed by atoms with Gasteiger partial charge in [0.05, 0.1) is 6.54 Å². The van der Waals surface area contributed by atoms with Gasteiger partial charge in [-0.1, -0.05) is 36.4 Å². The fraction of sp³-hybridized carbons (Fsp3) is 0.130. The lowest BCUT2D eigenvalue weighted by Crippen LogP contribution is -2.34. The molecule has 0 fully saturated rings. The van der Waals surface area contributed by atoms with Crippen LogP contribution in [-0.2, 0) is 6.42 Å². The Kier molecular flexibility index (Phi) is 4.05. The van der Waals surface area contributed by atoms with Crippen molar-refractivity contribution in [2.45, 2.75) is 12.5 Å². The number of nitrogens with one attached hydrogen (secondary N) is 1. The number of hydrogen-bond acceptors (Lipinski definition) is 4. The Morgan fingerprint density at radius 2 is 1.93 bits per heavy atom. The van der Waals surface area contributed by atoms with E-state index >= 15 is 0 Å². The number of aromatic nitrogens is 1. The van der Waals surface area contributed by atoms with Crippen molar-refractivity contribution < 1.29 is 13.9 Å². The van der Waals surface area contributed by atoms with E-state index in [-0.39, 0.29) is 12.0 Å². The molecule has 0 saturated carbocycles. The number of hydrogen-bond donors (Lipinski definition) is 1. The average Bonchev–Trinajstić information content (AvgIpc) is 3.36. The summed E-state index contributed by atoms with van der Waals surface area (Å²) in [4.78, 5) is 16.5. The summed E-state index contributed by atoms with van der Waals surface area (Å²) in [5, 5.41) is 3.84. The van der Waals surface area contributed by atoms with Gasteiger partial charge in [0.1, 0.15) is 17.4 Å². The second-order valence-corrected chi connectivity index (χ2v) is 6.83. The standard InChI is InChI=1S/C23H18N2O3/c26-23(21-13-16-4-1-2-7-20(16)28-21)25-14-18-12-17-5-3-6-19(22(17)27-18)15-8-10-24-11-9-15/h1-11,13,18H,12,14H2,(H,25,26)/t18-/m1/s1. The molecule has 2 aromatic heterocycles. The molecular weight excluding hydrogens is 352 g/mol. The second kappa shape index (κ2) is 6.85. The third-order valence-corrected chi connectivity index (χ3v) is 4.96. The highest BCUT2D eigenvalue weighted by Gasteiger charge is 2.26. The topological polar surface area (TPSA) is 64.4 Å². The maximum atomic E-state index is 12.5. The van der Waals surface area contributed by atoms with Crippen molar-refractivity contribution in [2.75, 3.05) is 6.54 Å². The average molecular weight is 370 g/mol. The number of rotatable bonds is 4. The Balaban J connectivity index is 1.29. The number of furan rings is 1. The number of carbonyl (C=O) groups is 1. The number of benzene rings is 2. The number of nitrogens with zero attached hydrogens (tertiary/aromatic N) is 1. The van der Waals surface area contributed by atoms with E-state index in [4.69, 9.17) is 9.15 Å². The minimum atomic E-state index is -0.231. The van der Waals surface area contributed by atoms with Gasteiger partial charge >= 0.3 is 0 Å². The molecule has 0 unspecified atom stereocenters. The van der Waals surface area contributed by atoms with E-state index in [0.717, 1.165) is 34.2 Å². The van der Waals surface area contributed by atoms with Crippen molar-refractivity contribution in [2.24, 2.45) is 0 Å². The molecule has 0 spiro atoms. The van der Waals surface area contributed by atoms with Crippen LogP contribution in [0.5, 0.6) is 5.75 Å². The van der Waals surface area contributed by atoms with Crippen LogP contribution in [0.3, 0.4) is 0 Å². The minimum absolute atomic E-state index is 0.105. The molecule has 28 heavy (non-hydrogen) atoms. The Hall–Kier alpha value is -3.60. The van der Waals surface area contributed by atoms with Gasteiger partial charge in [-0.25, -0.2) is 0 Å². The molecule has 0 aliphatic carbocycles. The summed E-state index contributed by atoms with van der Waals surface area (Å²) < 4.78 is 11.8. The number of amides is 1. The minimum Gasteiger partial charge on any atom is -0.487 e. The fourth-order valence-electron chi connectivity index (χ4n) is 3.60. The van der Waals surface area contributed by atoms with Crippen molar-refractivity contribution in [3.8, 4) is 16.9 Å². The van der Waals surface area contributed by atoms with Crippen molar-refractivity contribution >= 4 is 16.9 Å². The van der Waals surface area contributed by atoms with Crippen LogP contribution in [0, 0.1) is 0 Å². The van der Waals surface area contributed by atoms with Gasteiger partial charge in [-0.05, 0) is 35.4 Å². The number of ether oxygens (including phenoxy) is 1. The molecule has 138 valence electrons. The summed E-state index contributed by atoms with van der Waals surface area (Å²) in [5.41, 5.74) is 3.97. The fourth-order valence-corrected chi connectivity index (χ4v) is 3.60. The zero-order valence-corrected chi connectivity index (χ0v) is 15.1. The van der Waals surface area contributed by atoms with Gasteiger partial charge in [-0.3, -0.25) is 9.78 Å². The summed E-state index contributed by atoms with van der Waals surface area (Å²) >= 11 is 0. The predicted molar refractivity (Wildman–Crippen MR) is 106 cm³/mol. The zero-order chi connectivity index (χ0) is 18.9. The maximum absolute atomic E-state index is 12.5. The molecule has 0 saturated heterocycles. The van der Waals surface area contributed by atoms with Crippen molar-refractivity contribution in [3.05, 3.63) is 84.4 Å². The van der Waals surface area contributed by atoms with E-state index < -0.39 is 0 Å². The Morgan fingerprint density at radius 1 is 1.07 bits per heavy atom. The number of carbonyl (C=O) groups excluding carboxylic acids is 1. The molecular formula is C23H18N2O3. The highest BCUT2D eigenvalue weighted by atomic mass is 16.5. The summed E-state index contributed by atoms with van der Waals surface area (Å²) in [5.74, 6) is 0.969. The molecule has 0 radical (unpaired) electrons. The smallest absolute Gasteiger partial charge is 0.287 e. The quantitative estimate of drug-likeness (QED) is 0.584. The van der Waals surface area contributed by atoms with Crippen LogP contribution in [0.25, 0.3) is 22.1 Å². The van der Waals surface area contributed by atoms with Crippen LogP contribution < -0.4 is 10.1 Å². The van der Waals surface area contributed by atoms with E-state index in [1.54, 1.807) is 18.5 Å². The lowest BCUT2D eigenvalue weighted by atomic mass is 10.0. The van der Waals surface area contributed by atoms with Crippen molar-refractivity contribution in [3.63, 3.8) is 0 Å². The van der Waals surface area contributed by atoms with Crippen LogP contribution >= 0.6 is 0 Å². The molecule has 5 rings (SSSR count). The van der Waals surface area contributed by atoms with E-state index in [1.165, 1.54) is 0 Å². The molecule has 1 aliphatic heterocycles. The molecule has 1 aliphatic rings. The van der Waals surface area contributed by atoms with Crippen LogP contribution in [0.15, 0.2) is 77.5 Å². The van der Waals surface area contributed by atoms with E-state index in [2.05, 4.69) is 16.4 Å². The van der Waals surface area contributed by atoms with Crippen LogP contribution in [0.1, 0.15) is 16.1 Å². The molecule has 5 heteroatoms. The lowest BCUT2D eigenvalue weighted by Gasteiger charge is -2.13.